The molecule has 0 radical (unpaired) electrons. The molecule has 32 heavy (non-hydrogen) atoms. The summed E-state index contributed by atoms with van der Waals surface area (Å²) in [5.41, 5.74) is 0.283. The van der Waals surface area contributed by atoms with Crippen molar-refractivity contribution in [3.8, 4) is 0 Å². The molecule has 1 heterocycles. The lowest BCUT2D eigenvalue weighted by molar-refractivity contribution is -0.151. The maximum Gasteiger partial charge on any atom is 0.310 e. The first kappa shape index (κ1) is 25.8. The number of carbonyl (C=O) groups excluding carboxylic acids is 3. The molecule has 0 bridgehead atoms. The van der Waals surface area contributed by atoms with Crippen LogP contribution in [0.2, 0.25) is 0 Å². The third kappa shape index (κ3) is 6.77. The molecule has 0 spiro atoms. The summed E-state index contributed by atoms with van der Waals surface area (Å²) in [6, 6.07) is 5.43. The van der Waals surface area contributed by atoms with Crippen molar-refractivity contribution >= 4 is 27.8 Å². The molecule has 0 aliphatic carbocycles. The van der Waals surface area contributed by atoms with Crippen LogP contribution in [-0.4, -0.2) is 75.3 Å². The van der Waals surface area contributed by atoms with Gasteiger partial charge in [0.2, 0.25) is 15.9 Å². The second kappa shape index (κ2) is 11.4. The highest BCUT2D eigenvalue weighted by atomic mass is 32.2. The van der Waals surface area contributed by atoms with Crippen molar-refractivity contribution in [1.29, 1.82) is 0 Å². The molecule has 1 N–H and O–H groups in total. The lowest BCUT2D eigenvalue weighted by atomic mass is 9.98. The van der Waals surface area contributed by atoms with Crippen molar-refractivity contribution in [3.05, 3.63) is 29.8 Å². The van der Waals surface area contributed by atoms with Gasteiger partial charge < -0.3 is 14.5 Å². The van der Waals surface area contributed by atoms with Gasteiger partial charge in [-0.1, -0.05) is 6.92 Å². The van der Waals surface area contributed by atoms with Crippen LogP contribution in [0, 0.1) is 5.92 Å². The zero-order valence-electron chi connectivity index (χ0n) is 19.2. The van der Waals surface area contributed by atoms with Crippen LogP contribution < -0.4 is 4.72 Å². The molecule has 1 fully saturated rings. The van der Waals surface area contributed by atoms with Gasteiger partial charge in [-0.15, -0.1) is 0 Å². The number of benzene rings is 1. The first-order chi connectivity index (χ1) is 15.1. The number of likely N-dealkylation sites (tertiary alicyclic amines) is 1. The summed E-state index contributed by atoms with van der Waals surface area (Å²) in [5.74, 6) is -1.28. The largest absolute Gasteiger partial charge is 0.466 e. The van der Waals surface area contributed by atoms with Crippen molar-refractivity contribution in [1.82, 2.24) is 14.5 Å². The summed E-state index contributed by atoms with van der Waals surface area (Å²) < 4.78 is 32.4. The molecule has 0 aromatic heterocycles. The quantitative estimate of drug-likeness (QED) is 0.553. The van der Waals surface area contributed by atoms with Gasteiger partial charge in [0.1, 0.15) is 0 Å². The Morgan fingerprint density at radius 1 is 1.22 bits per heavy atom. The van der Waals surface area contributed by atoms with Gasteiger partial charge in [0.15, 0.2) is 0 Å². The third-order valence-corrected chi connectivity index (χ3v) is 7.10. The van der Waals surface area contributed by atoms with E-state index in [2.05, 4.69) is 4.72 Å². The second-order valence-electron chi connectivity index (χ2n) is 8.05. The monoisotopic (exact) mass is 467 g/mol. The lowest BCUT2D eigenvalue weighted by Gasteiger charge is -2.32. The first-order valence-corrected chi connectivity index (χ1v) is 12.4. The Bertz CT molecular complexity index is 916. The molecule has 1 aliphatic rings. The minimum atomic E-state index is -3.66. The third-order valence-electron chi connectivity index (χ3n) is 5.49. The average Bonchev–Trinajstić information content (AvgIpc) is 2.78. The molecule has 1 aliphatic heterocycles. The number of esters is 1. The van der Waals surface area contributed by atoms with Crippen LogP contribution in [0.1, 0.15) is 50.4 Å². The van der Waals surface area contributed by atoms with E-state index >= 15 is 0 Å². The molecule has 9 nitrogen and oxygen atoms in total. The van der Waals surface area contributed by atoms with Gasteiger partial charge in [0.25, 0.3) is 5.91 Å². The predicted octanol–water partition coefficient (Wildman–Crippen LogP) is 1.64. The summed E-state index contributed by atoms with van der Waals surface area (Å²) in [6.07, 6.45) is 2.04. The number of hydrogen-bond acceptors (Lipinski definition) is 6. The minimum Gasteiger partial charge on any atom is -0.466 e. The maximum atomic E-state index is 12.7. The molecule has 2 amide bonds. The Hall–Kier alpha value is -2.46. The van der Waals surface area contributed by atoms with E-state index in [4.69, 9.17) is 4.74 Å². The Morgan fingerprint density at radius 2 is 1.88 bits per heavy atom. The number of likely N-dealkylation sites (N-methyl/N-ethyl adjacent to an activating group) is 1. The van der Waals surface area contributed by atoms with Gasteiger partial charge in [-0.3, -0.25) is 14.4 Å². The van der Waals surface area contributed by atoms with E-state index in [1.807, 2.05) is 6.92 Å². The number of amides is 2. The van der Waals surface area contributed by atoms with E-state index in [0.717, 1.165) is 0 Å². The van der Waals surface area contributed by atoms with Crippen LogP contribution in [0.5, 0.6) is 0 Å². The Kier molecular flexibility index (Phi) is 9.21. The van der Waals surface area contributed by atoms with Crippen molar-refractivity contribution in [2.24, 2.45) is 5.92 Å². The number of nitrogens with zero attached hydrogens (tertiary/aromatic N) is 2. The zero-order chi connectivity index (χ0) is 23.9. The zero-order valence-corrected chi connectivity index (χ0v) is 20.0. The van der Waals surface area contributed by atoms with Gasteiger partial charge in [0, 0.05) is 31.7 Å². The van der Waals surface area contributed by atoms with E-state index < -0.39 is 15.9 Å². The van der Waals surface area contributed by atoms with Crippen LogP contribution in [0.25, 0.3) is 0 Å². The van der Waals surface area contributed by atoms with Gasteiger partial charge in [-0.05, 0) is 57.4 Å². The van der Waals surface area contributed by atoms with Crippen LogP contribution >= 0.6 is 0 Å². The van der Waals surface area contributed by atoms with E-state index in [1.54, 1.807) is 18.7 Å². The molecule has 2 unspecified atom stereocenters. The molecule has 2 rings (SSSR count). The number of rotatable bonds is 9. The smallest absolute Gasteiger partial charge is 0.310 e. The summed E-state index contributed by atoms with van der Waals surface area (Å²) in [6.45, 7) is 6.39. The molecule has 1 aromatic rings. The molecule has 10 heteroatoms. The minimum absolute atomic E-state index is 0.0754. The summed E-state index contributed by atoms with van der Waals surface area (Å²) in [7, 11) is -2.14. The number of ether oxygens (including phenoxy) is 1. The van der Waals surface area contributed by atoms with Gasteiger partial charge in [0.05, 0.1) is 24.0 Å². The molecule has 1 aromatic carbocycles. The van der Waals surface area contributed by atoms with Crippen LogP contribution in [0.3, 0.4) is 0 Å². The fourth-order valence-electron chi connectivity index (χ4n) is 3.44. The highest BCUT2D eigenvalue weighted by Gasteiger charge is 2.30. The Labute approximate surface area is 190 Å². The normalized spacial score (nSPS) is 17.5. The number of sulfonamides is 1. The number of nitrogens with one attached hydrogen (secondary N) is 1. The fraction of sp³-hybridized carbons (Fsp3) is 0.591. The van der Waals surface area contributed by atoms with Crippen molar-refractivity contribution in [3.63, 3.8) is 0 Å². The van der Waals surface area contributed by atoms with Crippen LogP contribution in [0.4, 0.5) is 0 Å². The van der Waals surface area contributed by atoms with Crippen LogP contribution in [-0.2, 0) is 24.3 Å². The number of piperidine rings is 1. The van der Waals surface area contributed by atoms with Crippen LogP contribution in [0.15, 0.2) is 29.2 Å². The molecular formula is C22H33N3O6S. The summed E-state index contributed by atoms with van der Waals surface area (Å²) in [5, 5.41) is 0. The first-order valence-electron chi connectivity index (χ1n) is 10.9. The number of carbonyl (C=O) groups is 3. The second-order valence-corrected chi connectivity index (χ2v) is 9.76. The Morgan fingerprint density at radius 3 is 2.47 bits per heavy atom. The molecule has 178 valence electrons. The van der Waals surface area contributed by atoms with Crippen molar-refractivity contribution in [2.45, 2.75) is 51.0 Å². The summed E-state index contributed by atoms with van der Waals surface area (Å²) in [4.78, 5) is 40.3. The van der Waals surface area contributed by atoms with E-state index in [1.165, 1.54) is 36.2 Å². The van der Waals surface area contributed by atoms with Crippen molar-refractivity contribution < 1.29 is 27.5 Å². The van der Waals surface area contributed by atoms with Gasteiger partial charge in [-0.2, -0.15) is 0 Å². The maximum absolute atomic E-state index is 12.7. The Balaban J connectivity index is 1.98. The lowest BCUT2D eigenvalue weighted by Crippen LogP contribution is -2.47. The fourth-order valence-corrected chi connectivity index (χ4v) is 4.77. The number of hydrogen-bond donors (Lipinski definition) is 1. The standard InChI is InChI=1S/C22H33N3O6S/c1-5-16(3)23-32(29,30)19-11-9-17(10-12-19)21(27)24(4)15-20(26)25-13-7-8-18(14-25)22(28)31-6-2/h9-12,16,18,23H,5-8,13-15H2,1-4H3. The van der Waals surface area contributed by atoms with Crippen molar-refractivity contribution in [2.75, 3.05) is 33.3 Å². The topological polar surface area (TPSA) is 113 Å². The molecule has 0 saturated carbocycles. The highest BCUT2D eigenvalue weighted by molar-refractivity contribution is 7.89. The highest BCUT2D eigenvalue weighted by Crippen LogP contribution is 2.19. The van der Waals surface area contributed by atoms with Gasteiger partial charge in [-0.25, -0.2) is 13.1 Å². The van der Waals surface area contributed by atoms with Gasteiger partial charge >= 0.3 is 5.97 Å². The van der Waals surface area contributed by atoms with E-state index in [-0.39, 0.29) is 47.4 Å². The average molecular weight is 468 g/mol. The predicted molar refractivity (Wildman–Crippen MR) is 119 cm³/mol. The molecule has 1 saturated heterocycles. The van der Waals surface area contributed by atoms with E-state index in [9.17, 15) is 22.8 Å². The molecule has 2 atom stereocenters. The molecular weight excluding hydrogens is 434 g/mol. The van der Waals surface area contributed by atoms with E-state index in [0.29, 0.717) is 32.4 Å². The summed E-state index contributed by atoms with van der Waals surface area (Å²) >= 11 is 0. The SMILES string of the molecule is CCOC(=O)C1CCCN(C(=O)CN(C)C(=O)c2ccc(S(=O)(=O)NC(C)CC)cc2)C1.